The highest BCUT2D eigenvalue weighted by Crippen LogP contribution is 2.28. The maximum Gasteiger partial charge on any atom is 0.241 e. The Morgan fingerprint density at radius 2 is 2.24 bits per heavy atom. The third-order valence-electron chi connectivity index (χ3n) is 3.06. The van der Waals surface area contributed by atoms with Crippen molar-refractivity contribution in [2.45, 2.75) is 32.7 Å². The first-order valence-electron chi connectivity index (χ1n) is 5.89. The summed E-state index contributed by atoms with van der Waals surface area (Å²) < 4.78 is 0.946. The van der Waals surface area contributed by atoms with Gasteiger partial charge in [0.15, 0.2) is 0 Å². The van der Waals surface area contributed by atoms with Crippen molar-refractivity contribution in [3.8, 4) is 0 Å². The number of rotatable bonds is 2. The second kappa shape index (κ2) is 5.19. The summed E-state index contributed by atoms with van der Waals surface area (Å²) in [4.78, 5) is 12.0. The Labute approximate surface area is 110 Å². The summed E-state index contributed by atoms with van der Waals surface area (Å²) in [6.07, 6.45) is 2.00. The van der Waals surface area contributed by atoms with E-state index in [9.17, 15) is 4.79 Å². The fraction of sp³-hybridized carbons (Fsp3) is 0.462. The second-order valence-electron chi connectivity index (χ2n) is 4.58. The summed E-state index contributed by atoms with van der Waals surface area (Å²) in [7, 11) is 0. The smallest absolute Gasteiger partial charge is 0.241 e. The molecule has 1 aliphatic rings. The summed E-state index contributed by atoms with van der Waals surface area (Å²) in [5.41, 5.74) is 3.16. The van der Waals surface area contributed by atoms with Crippen LogP contribution in [0.1, 0.15) is 24.0 Å². The van der Waals surface area contributed by atoms with E-state index >= 15 is 0 Å². The quantitative estimate of drug-likeness (QED) is 0.881. The van der Waals surface area contributed by atoms with E-state index in [1.165, 1.54) is 5.56 Å². The topological polar surface area (TPSA) is 41.1 Å². The lowest BCUT2D eigenvalue weighted by Crippen LogP contribution is -2.35. The molecule has 1 amide bonds. The molecule has 1 aliphatic heterocycles. The maximum absolute atomic E-state index is 12.0. The Hall–Kier alpha value is -0.870. The Balaban J connectivity index is 2.15. The SMILES string of the molecule is Cc1cc(C)c(NC(=O)[C@@H]2CCCN2)c(Br)c1. The standard InChI is InChI=1S/C13H17BrN2O/c1-8-6-9(2)12(10(14)7-8)16-13(17)11-4-3-5-15-11/h6-7,11,15H,3-5H2,1-2H3,(H,16,17)/t11-/m0/s1. The van der Waals surface area contributed by atoms with Crippen LogP contribution >= 0.6 is 15.9 Å². The van der Waals surface area contributed by atoms with Crippen molar-refractivity contribution in [1.29, 1.82) is 0 Å². The normalized spacial score (nSPS) is 19.4. The maximum atomic E-state index is 12.0. The van der Waals surface area contributed by atoms with E-state index in [0.717, 1.165) is 35.1 Å². The van der Waals surface area contributed by atoms with Gasteiger partial charge in [0.2, 0.25) is 5.91 Å². The molecule has 0 radical (unpaired) electrons. The van der Waals surface area contributed by atoms with Crippen molar-refractivity contribution < 1.29 is 4.79 Å². The minimum atomic E-state index is -0.0393. The lowest BCUT2D eigenvalue weighted by Gasteiger charge is -2.15. The molecule has 17 heavy (non-hydrogen) atoms. The van der Waals surface area contributed by atoms with Crippen molar-refractivity contribution in [2.24, 2.45) is 0 Å². The number of hydrogen-bond donors (Lipinski definition) is 2. The molecule has 2 N–H and O–H groups in total. The molecule has 0 bridgehead atoms. The van der Waals surface area contributed by atoms with Gasteiger partial charge in [-0.15, -0.1) is 0 Å². The van der Waals surface area contributed by atoms with Crippen molar-refractivity contribution in [3.63, 3.8) is 0 Å². The first kappa shape index (κ1) is 12.6. The van der Waals surface area contributed by atoms with Crippen LogP contribution in [0.25, 0.3) is 0 Å². The average molecular weight is 297 g/mol. The van der Waals surface area contributed by atoms with Gasteiger partial charge in [0.1, 0.15) is 0 Å². The molecule has 3 nitrogen and oxygen atoms in total. The zero-order chi connectivity index (χ0) is 12.4. The molecule has 0 aliphatic carbocycles. The Morgan fingerprint density at radius 3 is 2.82 bits per heavy atom. The average Bonchev–Trinajstić information content (AvgIpc) is 2.76. The van der Waals surface area contributed by atoms with Gasteiger partial charge in [-0.1, -0.05) is 6.07 Å². The zero-order valence-electron chi connectivity index (χ0n) is 10.1. The van der Waals surface area contributed by atoms with Gasteiger partial charge in [0.05, 0.1) is 11.7 Å². The van der Waals surface area contributed by atoms with E-state index in [2.05, 4.69) is 32.6 Å². The third kappa shape index (κ3) is 2.87. The number of benzene rings is 1. The second-order valence-corrected chi connectivity index (χ2v) is 5.43. The number of anilines is 1. The van der Waals surface area contributed by atoms with Gasteiger partial charge in [-0.3, -0.25) is 4.79 Å². The van der Waals surface area contributed by atoms with Crippen molar-refractivity contribution in [1.82, 2.24) is 5.32 Å². The minimum absolute atomic E-state index is 0.0393. The number of hydrogen-bond acceptors (Lipinski definition) is 2. The van der Waals surface area contributed by atoms with Crippen LogP contribution in [0.2, 0.25) is 0 Å². The molecule has 92 valence electrons. The molecular formula is C13H17BrN2O. The minimum Gasteiger partial charge on any atom is -0.323 e. The lowest BCUT2D eigenvalue weighted by molar-refractivity contribution is -0.117. The Kier molecular flexibility index (Phi) is 3.84. The first-order valence-corrected chi connectivity index (χ1v) is 6.68. The van der Waals surface area contributed by atoms with Gasteiger partial charge >= 0.3 is 0 Å². The van der Waals surface area contributed by atoms with Crippen LogP contribution in [-0.2, 0) is 4.79 Å². The summed E-state index contributed by atoms with van der Waals surface area (Å²) in [5, 5.41) is 6.20. The van der Waals surface area contributed by atoms with Gasteiger partial charge in [0.25, 0.3) is 0 Å². The number of nitrogens with one attached hydrogen (secondary N) is 2. The molecule has 1 saturated heterocycles. The number of aryl methyl sites for hydroxylation is 2. The molecule has 0 spiro atoms. The third-order valence-corrected chi connectivity index (χ3v) is 3.68. The molecule has 2 rings (SSSR count). The molecule has 1 heterocycles. The van der Waals surface area contributed by atoms with Crippen LogP contribution in [0.5, 0.6) is 0 Å². The summed E-state index contributed by atoms with van der Waals surface area (Å²) in [6.45, 7) is 4.99. The van der Waals surface area contributed by atoms with E-state index in [0.29, 0.717) is 0 Å². The fourth-order valence-corrected chi connectivity index (χ4v) is 2.97. The van der Waals surface area contributed by atoms with Gasteiger partial charge in [-0.2, -0.15) is 0 Å². The molecule has 0 unspecified atom stereocenters. The van der Waals surface area contributed by atoms with Crippen molar-refractivity contribution >= 4 is 27.5 Å². The van der Waals surface area contributed by atoms with Crippen LogP contribution in [0, 0.1) is 13.8 Å². The molecule has 1 atom stereocenters. The van der Waals surface area contributed by atoms with E-state index in [1.54, 1.807) is 0 Å². The highest BCUT2D eigenvalue weighted by Gasteiger charge is 2.22. The van der Waals surface area contributed by atoms with Crippen LogP contribution < -0.4 is 10.6 Å². The molecule has 1 aromatic carbocycles. The van der Waals surface area contributed by atoms with Gasteiger partial charge in [0, 0.05) is 4.47 Å². The zero-order valence-corrected chi connectivity index (χ0v) is 11.7. The number of carbonyl (C=O) groups is 1. The first-order chi connectivity index (χ1) is 8.08. The van der Waals surface area contributed by atoms with Gasteiger partial charge in [-0.25, -0.2) is 0 Å². The summed E-state index contributed by atoms with van der Waals surface area (Å²) >= 11 is 3.50. The molecule has 0 aromatic heterocycles. The summed E-state index contributed by atoms with van der Waals surface area (Å²) in [6, 6.07) is 4.05. The monoisotopic (exact) mass is 296 g/mol. The van der Waals surface area contributed by atoms with E-state index < -0.39 is 0 Å². The van der Waals surface area contributed by atoms with E-state index in [-0.39, 0.29) is 11.9 Å². The van der Waals surface area contributed by atoms with E-state index in [4.69, 9.17) is 0 Å². The molecule has 4 heteroatoms. The highest BCUT2D eigenvalue weighted by atomic mass is 79.9. The van der Waals surface area contributed by atoms with E-state index in [1.807, 2.05) is 19.9 Å². The fourth-order valence-electron chi connectivity index (χ4n) is 2.19. The Morgan fingerprint density at radius 1 is 1.47 bits per heavy atom. The highest BCUT2D eigenvalue weighted by molar-refractivity contribution is 9.10. The van der Waals surface area contributed by atoms with Crippen LogP contribution in [0.3, 0.4) is 0 Å². The molecule has 1 fully saturated rings. The van der Waals surface area contributed by atoms with Crippen molar-refractivity contribution in [3.05, 3.63) is 27.7 Å². The van der Waals surface area contributed by atoms with Crippen LogP contribution in [0.4, 0.5) is 5.69 Å². The molecular weight excluding hydrogens is 280 g/mol. The Bertz CT molecular complexity index is 416. The lowest BCUT2D eigenvalue weighted by atomic mass is 10.1. The molecule has 0 saturated carbocycles. The van der Waals surface area contributed by atoms with Crippen LogP contribution in [-0.4, -0.2) is 18.5 Å². The number of amides is 1. The summed E-state index contributed by atoms with van der Waals surface area (Å²) in [5.74, 6) is 0.0650. The molecule has 1 aromatic rings. The largest absolute Gasteiger partial charge is 0.323 e. The number of carbonyl (C=O) groups excluding carboxylic acids is 1. The van der Waals surface area contributed by atoms with Gasteiger partial charge in [-0.05, 0) is 66.4 Å². The predicted octanol–water partition coefficient (Wildman–Crippen LogP) is 2.76. The van der Waals surface area contributed by atoms with Gasteiger partial charge < -0.3 is 10.6 Å². The van der Waals surface area contributed by atoms with Crippen LogP contribution in [0.15, 0.2) is 16.6 Å². The predicted molar refractivity (Wildman–Crippen MR) is 73.3 cm³/mol. The number of halogens is 1. The van der Waals surface area contributed by atoms with Crippen molar-refractivity contribution in [2.75, 3.05) is 11.9 Å².